The number of hydrogen-bond donors (Lipinski definition) is 1. The van der Waals surface area contributed by atoms with Crippen molar-refractivity contribution in [3.05, 3.63) is 108 Å². The molecule has 3 aromatic rings. The minimum atomic E-state index is -0.322. The van der Waals surface area contributed by atoms with Gasteiger partial charge < -0.3 is 10.2 Å². The van der Waals surface area contributed by atoms with Crippen LogP contribution in [0.15, 0.2) is 91.0 Å². The van der Waals surface area contributed by atoms with Crippen molar-refractivity contribution in [3.8, 4) is 11.8 Å². The summed E-state index contributed by atoms with van der Waals surface area (Å²) in [6.07, 6.45) is 0.894. The molecular weight excluding hydrogens is 396 g/mol. The monoisotopic (exact) mass is 422 g/mol. The highest BCUT2D eigenvalue weighted by molar-refractivity contribution is 5.85. The molecule has 0 saturated carbocycles. The second-order valence-corrected chi connectivity index (χ2v) is 7.89. The van der Waals surface area contributed by atoms with Gasteiger partial charge >= 0.3 is 0 Å². The standard InChI is InChI=1S/C28H26N2O2/c31-26-19-18-25(28(32)29-20-10-15-22-11-4-1-5-12-22)27(24-16-8-3-9-17-24)30(26)21-23-13-6-2-7-14-23/h1-9,11-14,16-17,25,27H,18-21H2,(H,29,32). The molecule has 1 N–H and O–H groups in total. The zero-order valence-corrected chi connectivity index (χ0v) is 17.9. The van der Waals surface area contributed by atoms with Crippen LogP contribution in [-0.4, -0.2) is 23.3 Å². The highest BCUT2D eigenvalue weighted by Crippen LogP contribution is 2.37. The van der Waals surface area contributed by atoms with Crippen LogP contribution in [0.5, 0.6) is 0 Å². The predicted octanol–water partition coefficient (Wildman–Crippen LogP) is 4.33. The second kappa shape index (κ2) is 10.5. The lowest BCUT2D eigenvalue weighted by Gasteiger charge is -2.41. The smallest absolute Gasteiger partial charge is 0.226 e. The molecule has 1 heterocycles. The van der Waals surface area contributed by atoms with E-state index in [0.717, 1.165) is 16.7 Å². The van der Waals surface area contributed by atoms with Crippen LogP contribution in [0.3, 0.4) is 0 Å². The maximum Gasteiger partial charge on any atom is 0.226 e. The van der Waals surface area contributed by atoms with Crippen molar-refractivity contribution in [1.29, 1.82) is 0 Å². The van der Waals surface area contributed by atoms with E-state index in [1.54, 1.807) is 0 Å². The molecule has 1 saturated heterocycles. The number of hydrogen-bond acceptors (Lipinski definition) is 2. The second-order valence-electron chi connectivity index (χ2n) is 7.89. The Kier molecular flexibility index (Phi) is 6.99. The average Bonchev–Trinajstić information content (AvgIpc) is 2.84. The van der Waals surface area contributed by atoms with Crippen LogP contribution in [0.25, 0.3) is 0 Å². The lowest BCUT2D eigenvalue weighted by molar-refractivity contribution is -0.144. The van der Waals surface area contributed by atoms with E-state index in [1.807, 2.05) is 95.9 Å². The minimum absolute atomic E-state index is 0.0632. The summed E-state index contributed by atoms with van der Waals surface area (Å²) in [6, 6.07) is 29.2. The largest absolute Gasteiger partial charge is 0.345 e. The molecule has 2 atom stereocenters. The number of nitrogens with zero attached hydrogens (tertiary/aromatic N) is 1. The van der Waals surface area contributed by atoms with Gasteiger partial charge in [0.1, 0.15) is 0 Å². The molecule has 32 heavy (non-hydrogen) atoms. The molecule has 4 heteroatoms. The zero-order valence-electron chi connectivity index (χ0n) is 17.9. The fourth-order valence-corrected chi connectivity index (χ4v) is 4.19. The van der Waals surface area contributed by atoms with Crippen LogP contribution in [0.4, 0.5) is 0 Å². The summed E-state index contributed by atoms with van der Waals surface area (Å²) in [7, 11) is 0. The number of rotatable bonds is 5. The summed E-state index contributed by atoms with van der Waals surface area (Å²) in [6.45, 7) is 0.759. The van der Waals surface area contributed by atoms with Gasteiger partial charge in [-0.15, -0.1) is 0 Å². The Morgan fingerprint density at radius 3 is 2.22 bits per heavy atom. The molecule has 3 aromatic carbocycles. The van der Waals surface area contributed by atoms with E-state index in [4.69, 9.17) is 0 Å². The topological polar surface area (TPSA) is 49.4 Å². The number of likely N-dealkylation sites (tertiary alicyclic amines) is 1. The van der Waals surface area contributed by atoms with Crippen molar-refractivity contribution >= 4 is 11.8 Å². The van der Waals surface area contributed by atoms with Crippen molar-refractivity contribution in [2.45, 2.75) is 25.4 Å². The minimum Gasteiger partial charge on any atom is -0.345 e. The number of piperidine rings is 1. The number of carbonyl (C=O) groups excluding carboxylic acids is 2. The molecule has 0 bridgehead atoms. The molecule has 2 unspecified atom stereocenters. The normalized spacial score (nSPS) is 17.9. The first-order valence-electron chi connectivity index (χ1n) is 10.9. The molecule has 0 aliphatic carbocycles. The highest BCUT2D eigenvalue weighted by atomic mass is 16.2. The number of amides is 2. The summed E-state index contributed by atoms with van der Waals surface area (Å²) in [5.74, 6) is 5.78. The van der Waals surface area contributed by atoms with Gasteiger partial charge in [-0.25, -0.2) is 0 Å². The maximum atomic E-state index is 13.2. The third-order valence-electron chi connectivity index (χ3n) is 5.74. The fraction of sp³-hybridized carbons (Fsp3) is 0.214. The summed E-state index contributed by atoms with van der Waals surface area (Å²) < 4.78 is 0. The molecule has 0 radical (unpaired) electrons. The van der Waals surface area contributed by atoms with Crippen LogP contribution in [-0.2, 0) is 16.1 Å². The van der Waals surface area contributed by atoms with Gasteiger partial charge in [-0.3, -0.25) is 9.59 Å². The van der Waals surface area contributed by atoms with E-state index < -0.39 is 0 Å². The van der Waals surface area contributed by atoms with Crippen molar-refractivity contribution < 1.29 is 9.59 Å². The molecule has 1 fully saturated rings. The Labute approximate surface area is 189 Å². The lowest BCUT2D eigenvalue weighted by atomic mass is 9.83. The van der Waals surface area contributed by atoms with Gasteiger partial charge in [-0.2, -0.15) is 0 Å². The van der Waals surface area contributed by atoms with Gasteiger partial charge in [0.05, 0.1) is 18.5 Å². The zero-order chi connectivity index (χ0) is 22.2. The van der Waals surface area contributed by atoms with Crippen molar-refractivity contribution in [2.75, 3.05) is 6.54 Å². The molecule has 0 spiro atoms. The molecule has 0 aromatic heterocycles. The SMILES string of the molecule is O=C(NCC#Cc1ccccc1)C1CCC(=O)N(Cc2ccccc2)C1c1ccccc1. The predicted molar refractivity (Wildman–Crippen MR) is 125 cm³/mol. The molecule has 1 aliphatic rings. The van der Waals surface area contributed by atoms with Gasteiger partial charge in [0, 0.05) is 18.5 Å². The van der Waals surface area contributed by atoms with E-state index >= 15 is 0 Å². The van der Waals surface area contributed by atoms with Crippen molar-refractivity contribution in [2.24, 2.45) is 5.92 Å². The van der Waals surface area contributed by atoms with E-state index in [2.05, 4.69) is 17.2 Å². The molecule has 2 amide bonds. The van der Waals surface area contributed by atoms with Gasteiger partial charge in [0.2, 0.25) is 11.8 Å². The first kappa shape index (κ1) is 21.4. The molecular formula is C28H26N2O2. The van der Waals surface area contributed by atoms with Gasteiger partial charge in [0.25, 0.3) is 0 Å². The van der Waals surface area contributed by atoms with Crippen LogP contribution in [0.2, 0.25) is 0 Å². The quantitative estimate of drug-likeness (QED) is 0.622. The van der Waals surface area contributed by atoms with Crippen molar-refractivity contribution in [3.63, 3.8) is 0 Å². The first-order valence-corrected chi connectivity index (χ1v) is 10.9. The summed E-state index contributed by atoms with van der Waals surface area (Å²) >= 11 is 0. The number of nitrogens with one attached hydrogen (secondary N) is 1. The molecule has 4 nitrogen and oxygen atoms in total. The third-order valence-corrected chi connectivity index (χ3v) is 5.74. The average molecular weight is 423 g/mol. The fourth-order valence-electron chi connectivity index (χ4n) is 4.19. The van der Waals surface area contributed by atoms with E-state index in [0.29, 0.717) is 19.4 Å². The van der Waals surface area contributed by atoms with E-state index in [-0.39, 0.29) is 30.3 Å². The van der Waals surface area contributed by atoms with Crippen LogP contribution in [0.1, 0.15) is 35.6 Å². The van der Waals surface area contributed by atoms with Crippen LogP contribution >= 0.6 is 0 Å². The van der Waals surface area contributed by atoms with E-state index in [9.17, 15) is 9.59 Å². The van der Waals surface area contributed by atoms with Gasteiger partial charge in [-0.1, -0.05) is 90.7 Å². The molecule has 1 aliphatic heterocycles. The Hall–Kier alpha value is -3.84. The van der Waals surface area contributed by atoms with Crippen LogP contribution < -0.4 is 5.32 Å². The number of benzene rings is 3. The highest BCUT2D eigenvalue weighted by Gasteiger charge is 2.40. The Morgan fingerprint density at radius 1 is 0.906 bits per heavy atom. The molecule has 160 valence electrons. The Bertz CT molecular complexity index is 1100. The van der Waals surface area contributed by atoms with Gasteiger partial charge in [-0.05, 0) is 29.7 Å². The number of carbonyl (C=O) groups is 2. The van der Waals surface area contributed by atoms with E-state index in [1.165, 1.54) is 0 Å². The Morgan fingerprint density at radius 2 is 1.53 bits per heavy atom. The summed E-state index contributed by atoms with van der Waals surface area (Å²) in [5.41, 5.74) is 2.95. The summed E-state index contributed by atoms with van der Waals surface area (Å²) in [4.78, 5) is 28.0. The Balaban J connectivity index is 1.53. The third kappa shape index (κ3) is 5.25. The summed E-state index contributed by atoms with van der Waals surface area (Å²) in [5, 5.41) is 2.97. The van der Waals surface area contributed by atoms with Gasteiger partial charge in [0.15, 0.2) is 0 Å². The maximum absolute atomic E-state index is 13.2. The lowest BCUT2D eigenvalue weighted by Crippen LogP contribution is -2.47. The first-order chi connectivity index (χ1) is 15.7. The van der Waals surface area contributed by atoms with Crippen molar-refractivity contribution in [1.82, 2.24) is 10.2 Å². The molecule has 4 rings (SSSR count). The van der Waals surface area contributed by atoms with Crippen LogP contribution in [0, 0.1) is 17.8 Å².